The molecule has 2 heteroatoms. The van der Waals surface area contributed by atoms with Gasteiger partial charge in [0, 0.05) is 18.1 Å². The molecule has 47 heavy (non-hydrogen) atoms. The van der Waals surface area contributed by atoms with Gasteiger partial charge >= 0.3 is 0 Å². The van der Waals surface area contributed by atoms with Crippen molar-refractivity contribution < 1.29 is 4.57 Å². The molecule has 0 spiro atoms. The highest BCUT2D eigenvalue weighted by atomic mass is 15.2. The Morgan fingerprint density at radius 1 is 0.489 bits per heavy atom. The third kappa shape index (κ3) is 5.95. The Morgan fingerprint density at radius 2 is 0.979 bits per heavy atom. The number of aromatic nitrogens is 2. The van der Waals surface area contributed by atoms with E-state index in [2.05, 4.69) is 194 Å². The summed E-state index contributed by atoms with van der Waals surface area (Å²) < 4.78 is 4.96. The molecule has 1 heterocycles. The van der Waals surface area contributed by atoms with Gasteiger partial charge in [0.2, 0.25) is 0 Å². The number of nitrogens with zero attached hydrogens (tertiary/aromatic N) is 2. The maximum Gasteiger partial charge on any atom is 0.264 e. The normalized spacial score (nSPS) is 12.6. The van der Waals surface area contributed by atoms with Gasteiger partial charge in [-0.1, -0.05) is 153 Å². The van der Waals surface area contributed by atoms with Crippen LogP contribution < -0.4 is 4.57 Å². The van der Waals surface area contributed by atoms with Crippen molar-refractivity contribution in [1.29, 1.82) is 0 Å². The first kappa shape index (κ1) is 32.5. The lowest BCUT2D eigenvalue weighted by Crippen LogP contribution is -2.35. The van der Waals surface area contributed by atoms with Gasteiger partial charge < -0.3 is 0 Å². The molecule has 6 rings (SSSR count). The molecule has 6 aromatic rings. The molecule has 0 saturated heterocycles. The number of hydrogen-bond donors (Lipinski definition) is 0. The average Bonchev–Trinajstić information content (AvgIpc) is 3.30. The zero-order valence-electron chi connectivity index (χ0n) is 30.3. The van der Waals surface area contributed by atoms with Crippen molar-refractivity contribution in [1.82, 2.24) is 4.57 Å². The molecule has 0 saturated carbocycles. The van der Waals surface area contributed by atoms with Gasteiger partial charge in [-0.2, -0.15) is 9.13 Å². The molecule has 0 aliphatic heterocycles. The van der Waals surface area contributed by atoms with E-state index in [0.29, 0.717) is 0 Å². The summed E-state index contributed by atoms with van der Waals surface area (Å²) in [5.41, 5.74) is 15.3. The van der Waals surface area contributed by atoms with Crippen molar-refractivity contribution in [2.75, 3.05) is 0 Å². The van der Waals surface area contributed by atoms with Crippen LogP contribution in [0.2, 0.25) is 0 Å². The van der Waals surface area contributed by atoms with Crippen LogP contribution in [0.3, 0.4) is 0 Å². The second-order valence-electron chi connectivity index (χ2n) is 16.3. The molecular weight excluding hydrogens is 569 g/mol. The van der Waals surface area contributed by atoms with Gasteiger partial charge in [0.1, 0.15) is 11.4 Å². The number of benzene rings is 5. The van der Waals surface area contributed by atoms with Crippen LogP contribution in [-0.2, 0) is 16.2 Å². The number of fused-ring (bicyclic) bond motifs is 1. The molecule has 0 fully saturated rings. The lowest BCUT2D eigenvalue weighted by molar-refractivity contribution is -0.574. The largest absolute Gasteiger partial charge is 0.264 e. The fourth-order valence-electron chi connectivity index (χ4n) is 7.11. The Balaban J connectivity index is 1.69. The molecule has 0 aliphatic rings. The third-order valence-electron chi connectivity index (χ3n) is 9.75. The van der Waals surface area contributed by atoms with E-state index in [1.165, 1.54) is 72.7 Å². The molecule has 0 amide bonds. The molecule has 0 bridgehead atoms. The molecule has 0 unspecified atom stereocenters. The smallest absolute Gasteiger partial charge is 0.192 e. The maximum atomic E-state index is 2.50. The summed E-state index contributed by atoms with van der Waals surface area (Å²) in [4.78, 5) is 0. The predicted molar refractivity (Wildman–Crippen MR) is 201 cm³/mol. The number of hydrogen-bond acceptors (Lipinski definition) is 0. The molecule has 5 aromatic carbocycles. The fraction of sp³-hybridized carbons (Fsp3) is 0.311. The van der Waals surface area contributed by atoms with Crippen molar-refractivity contribution >= 4 is 11.0 Å². The Hall–Kier alpha value is -4.43. The summed E-state index contributed by atoms with van der Waals surface area (Å²) in [5.74, 6) is 1.17. The Kier molecular flexibility index (Phi) is 8.07. The quantitative estimate of drug-likeness (QED) is 0.174. The lowest BCUT2D eigenvalue weighted by Gasteiger charge is -2.22. The van der Waals surface area contributed by atoms with E-state index in [1.807, 2.05) is 0 Å². The van der Waals surface area contributed by atoms with Gasteiger partial charge in [-0.25, -0.2) is 0 Å². The summed E-state index contributed by atoms with van der Waals surface area (Å²) in [6.07, 6.45) is 0. The van der Waals surface area contributed by atoms with Crippen LogP contribution in [0.1, 0.15) is 90.4 Å². The minimum atomic E-state index is 0.0468. The standard InChI is InChI=1S/C45H51N2/c1-30-38(45(9,10)11)18-15-21-39(30)46-31(2)47(41-20-13-12-19-40(41)46)42-36(32-22-26-34(27-23-32)43(3,4)5)16-14-17-37(42)33-24-28-35(29-25-33)44(6,7)8/h12-29H,1-11H3/q+1. The van der Waals surface area contributed by atoms with Crippen molar-refractivity contribution in [3.63, 3.8) is 0 Å². The lowest BCUT2D eigenvalue weighted by atomic mass is 9.83. The highest BCUT2D eigenvalue weighted by molar-refractivity contribution is 5.85. The second-order valence-corrected chi connectivity index (χ2v) is 16.3. The Morgan fingerprint density at radius 3 is 1.47 bits per heavy atom. The SMILES string of the molecule is Cc1c(-n2c(C)[n+](-c3c(-c4ccc(C(C)(C)C)cc4)cccc3-c3ccc(C(C)(C)C)cc3)c3ccccc32)cccc1C(C)(C)C. The summed E-state index contributed by atoms with van der Waals surface area (Å²) in [7, 11) is 0. The molecule has 0 N–H and O–H groups in total. The number of imidazole rings is 1. The molecule has 0 atom stereocenters. The summed E-state index contributed by atoms with van der Waals surface area (Å²) in [5, 5.41) is 0. The summed E-state index contributed by atoms with van der Waals surface area (Å²) in [6.45, 7) is 25.1. The maximum absolute atomic E-state index is 2.50. The van der Waals surface area contributed by atoms with Gasteiger partial charge in [0.05, 0.1) is 0 Å². The number of rotatable bonds is 4. The monoisotopic (exact) mass is 619 g/mol. The molecule has 0 radical (unpaired) electrons. The average molecular weight is 620 g/mol. The number of para-hydroxylation sites is 3. The zero-order valence-corrected chi connectivity index (χ0v) is 30.3. The van der Waals surface area contributed by atoms with E-state index in [0.717, 1.165) is 0 Å². The van der Waals surface area contributed by atoms with Crippen LogP contribution in [0.4, 0.5) is 0 Å². The first-order chi connectivity index (χ1) is 22.1. The van der Waals surface area contributed by atoms with Gasteiger partial charge in [0.25, 0.3) is 5.82 Å². The highest BCUT2D eigenvalue weighted by Crippen LogP contribution is 2.38. The summed E-state index contributed by atoms with van der Waals surface area (Å²) in [6, 6.07) is 40.8. The van der Waals surface area contributed by atoms with Crippen LogP contribution in [0.15, 0.2) is 109 Å². The molecule has 240 valence electrons. The highest BCUT2D eigenvalue weighted by Gasteiger charge is 2.31. The molecule has 0 aliphatic carbocycles. The van der Waals surface area contributed by atoms with Crippen molar-refractivity contribution in [2.45, 2.75) is 92.4 Å². The van der Waals surface area contributed by atoms with E-state index in [1.54, 1.807) is 0 Å². The van der Waals surface area contributed by atoms with Crippen LogP contribution in [0.25, 0.3) is 44.7 Å². The zero-order chi connectivity index (χ0) is 33.9. The topological polar surface area (TPSA) is 8.81 Å². The minimum Gasteiger partial charge on any atom is -0.192 e. The Bertz CT molecular complexity index is 1990. The first-order valence-electron chi connectivity index (χ1n) is 17.0. The van der Waals surface area contributed by atoms with Crippen LogP contribution >= 0.6 is 0 Å². The Labute approximate surface area is 282 Å². The first-order valence-corrected chi connectivity index (χ1v) is 17.0. The van der Waals surface area contributed by atoms with Crippen LogP contribution in [0.5, 0.6) is 0 Å². The molecule has 2 nitrogen and oxygen atoms in total. The predicted octanol–water partition coefficient (Wildman–Crippen LogP) is 11.8. The van der Waals surface area contributed by atoms with Gasteiger partial charge in [-0.05, 0) is 74.7 Å². The van der Waals surface area contributed by atoms with Crippen molar-refractivity contribution in [3.8, 4) is 33.6 Å². The van der Waals surface area contributed by atoms with Gasteiger partial charge in [0.15, 0.2) is 11.0 Å². The second kappa shape index (κ2) is 11.7. The third-order valence-corrected chi connectivity index (χ3v) is 9.75. The van der Waals surface area contributed by atoms with E-state index >= 15 is 0 Å². The van der Waals surface area contributed by atoms with E-state index in [-0.39, 0.29) is 16.2 Å². The van der Waals surface area contributed by atoms with Crippen LogP contribution in [0, 0.1) is 13.8 Å². The van der Waals surface area contributed by atoms with E-state index < -0.39 is 0 Å². The summed E-state index contributed by atoms with van der Waals surface area (Å²) >= 11 is 0. The van der Waals surface area contributed by atoms with Crippen molar-refractivity contribution in [3.05, 3.63) is 137 Å². The van der Waals surface area contributed by atoms with Crippen molar-refractivity contribution in [2.24, 2.45) is 0 Å². The van der Waals surface area contributed by atoms with E-state index in [9.17, 15) is 0 Å². The van der Waals surface area contributed by atoms with E-state index in [4.69, 9.17) is 0 Å². The van der Waals surface area contributed by atoms with Gasteiger partial charge in [-0.15, -0.1) is 0 Å². The van der Waals surface area contributed by atoms with Gasteiger partial charge in [-0.3, -0.25) is 0 Å². The van der Waals surface area contributed by atoms with Crippen LogP contribution in [-0.4, -0.2) is 4.57 Å². The minimum absolute atomic E-state index is 0.0468. The molecular formula is C45H51N2+. The molecule has 1 aromatic heterocycles. The fourth-order valence-corrected chi connectivity index (χ4v) is 7.11.